The maximum absolute atomic E-state index is 12.8. The average molecular weight is 348 g/mol. The molecule has 8 heteroatoms. The number of carbonyl (C=O) groups excluding carboxylic acids is 1. The van der Waals surface area contributed by atoms with Crippen molar-refractivity contribution in [3.8, 4) is 0 Å². The van der Waals surface area contributed by atoms with Crippen molar-refractivity contribution in [1.29, 1.82) is 0 Å². The van der Waals surface area contributed by atoms with Crippen molar-refractivity contribution in [3.05, 3.63) is 35.4 Å². The molecule has 2 bridgehead atoms. The Morgan fingerprint density at radius 3 is 2.54 bits per heavy atom. The van der Waals surface area contributed by atoms with Crippen LogP contribution in [-0.2, 0) is 6.54 Å². The van der Waals surface area contributed by atoms with Crippen LogP contribution in [0.2, 0.25) is 0 Å². The molecule has 3 aliphatic rings. The summed E-state index contributed by atoms with van der Waals surface area (Å²) in [6, 6.07) is 5.07. The van der Waals surface area contributed by atoms with Crippen LogP contribution in [0.5, 0.6) is 0 Å². The SMILES string of the molecule is O=C(NCc1cccc(C(F)F)c1)NC12CC(C1)[C@@H](C(F)(F)F)C2. The summed E-state index contributed by atoms with van der Waals surface area (Å²) in [5.74, 6) is -1.76. The number of rotatable bonds is 4. The van der Waals surface area contributed by atoms with Crippen molar-refractivity contribution in [2.45, 2.75) is 43.9 Å². The van der Waals surface area contributed by atoms with E-state index in [0.29, 0.717) is 18.4 Å². The Hall–Kier alpha value is -1.86. The fourth-order valence-electron chi connectivity index (χ4n) is 3.83. The van der Waals surface area contributed by atoms with E-state index in [2.05, 4.69) is 10.6 Å². The van der Waals surface area contributed by atoms with E-state index in [4.69, 9.17) is 0 Å². The molecule has 3 saturated carbocycles. The lowest BCUT2D eigenvalue weighted by Gasteiger charge is -2.39. The van der Waals surface area contributed by atoms with Gasteiger partial charge in [-0.25, -0.2) is 13.6 Å². The number of nitrogens with one attached hydrogen (secondary N) is 2. The monoisotopic (exact) mass is 348 g/mol. The number of halogens is 5. The van der Waals surface area contributed by atoms with Crippen molar-refractivity contribution in [2.75, 3.05) is 0 Å². The first-order valence-corrected chi connectivity index (χ1v) is 7.68. The van der Waals surface area contributed by atoms with Gasteiger partial charge in [-0.2, -0.15) is 13.2 Å². The maximum atomic E-state index is 12.8. The third kappa shape index (κ3) is 3.32. The Labute approximate surface area is 135 Å². The molecule has 1 atom stereocenters. The average Bonchev–Trinajstić information content (AvgIpc) is 3.01. The molecule has 3 fully saturated rings. The van der Waals surface area contributed by atoms with Crippen LogP contribution in [0.1, 0.15) is 36.8 Å². The van der Waals surface area contributed by atoms with E-state index in [9.17, 15) is 26.7 Å². The molecule has 24 heavy (non-hydrogen) atoms. The lowest BCUT2D eigenvalue weighted by Crippen LogP contribution is -2.54. The van der Waals surface area contributed by atoms with E-state index < -0.39 is 36.0 Å². The quantitative estimate of drug-likeness (QED) is 0.789. The van der Waals surface area contributed by atoms with E-state index in [1.165, 1.54) is 18.2 Å². The first-order chi connectivity index (χ1) is 11.2. The fraction of sp³-hybridized carbons (Fsp3) is 0.562. The van der Waals surface area contributed by atoms with Crippen molar-refractivity contribution in [2.24, 2.45) is 11.8 Å². The highest BCUT2D eigenvalue weighted by atomic mass is 19.4. The Kier molecular flexibility index (Phi) is 4.17. The predicted molar refractivity (Wildman–Crippen MR) is 76.4 cm³/mol. The first-order valence-electron chi connectivity index (χ1n) is 7.68. The van der Waals surface area contributed by atoms with Crippen molar-refractivity contribution in [1.82, 2.24) is 10.6 Å². The highest BCUT2D eigenvalue weighted by Crippen LogP contribution is 2.60. The zero-order valence-corrected chi connectivity index (χ0v) is 12.7. The van der Waals surface area contributed by atoms with Gasteiger partial charge in [-0.3, -0.25) is 0 Å². The minimum Gasteiger partial charge on any atom is -0.334 e. The molecular formula is C16H17F5N2O. The highest BCUT2D eigenvalue weighted by Gasteiger charge is 2.64. The summed E-state index contributed by atoms with van der Waals surface area (Å²) < 4.78 is 63.7. The number of amides is 2. The van der Waals surface area contributed by atoms with Crippen LogP contribution < -0.4 is 10.6 Å². The van der Waals surface area contributed by atoms with Gasteiger partial charge in [-0.1, -0.05) is 18.2 Å². The van der Waals surface area contributed by atoms with Gasteiger partial charge < -0.3 is 10.6 Å². The number of hydrogen-bond acceptors (Lipinski definition) is 1. The summed E-state index contributed by atoms with van der Waals surface area (Å²) in [5, 5.41) is 5.15. The zero-order chi connectivity index (χ0) is 17.5. The van der Waals surface area contributed by atoms with Crippen LogP contribution in [0.25, 0.3) is 0 Å². The molecule has 2 N–H and O–H groups in total. The van der Waals surface area contributed by atoms with Crippen LogP contribution in [-0.4, -0.2) is 17.7 Å². The van der Waals surface area contributed by atoms with Crippen molar-refractivity contribution < 1.29 is 26.7 Å². The number of hydrogen-bond donors (Lipinski definition) is 2. The van der Waals surface area contributed by atoms with Crippen LogP contribution in [0, 0.1) is 11.8 Å². The van der Waals surface area contributed by atoms with E-state index in [1.807, 2.05) is 0 Å². The molecule has 0 unspecified atom stereocenters. The van der Waals surface area contributed by atoms with Gasteiger partial charge in [0.05, 0.1) is 5.92 Å². The molecule has 2 amide bonds. The maximum Gasteiger partial charge on any atom is 0.392 e. The topological polar surface area (TPSA) is 41.1 Å². The van der Waals surface area contributed by atoms with Crippen molar-refractivity contribution in [3.63, 3.8) is 0 Å². The van der Waals surface area contributed by atoms with Crippen LogP contribution in [0.3, 0.4) is 0 Å². The molecule has 0 spiro atoms. The minimum atomic E-state index is -4.23. The summed E-state index contributed by atoms with van der Waals surface area (Å²) in [6.07, 6.45) is -6.23. The third-order valence-electron chi connectivity index (χ3n) is 4.94. The van der Waals surface area contributed by atoms with E-state index in [-0.39, 0.29) is 18.5 Å². The van der Waals surface area contributed by atoms with Crippen LogP contribution >= 0.6 is 0 Å². The van der Waals surface area contributed by atoms with Gasteiger partial charge in [0.15, 0.2) is 0 Å². The number of alkyl halides is 5. The molecule has 1 aromatic carbocycles. The number of benzene rings is 1. The Morgan fingerprint density at radius 1 is 1.25 bits per heavy atom. The number of urea groups is 1. The second-order valence-corrected chi connectivity index (χ2v) is 6.65. The zero-order valence-electron chi connectivity index (χ0n) is 12.7. The molecule has 0 aliphatic heterocycles. The summed E-state index contributed by atoms with van der Waals surface area (Å²) in [4.78, 5) is 11.9. The van der Waals surface area contributed by atoms with Gasteiger partial charge in [-0.15, -0.1) is 0 Å². The molecule has 132 valence electrons. The molecule has 0 aromatic heterocycles. The molecule has 4 rings (SSSR count). The lowest BCUT2D eigenvalue weighted by molar-refractivity contribution is -0.180. The third-order valence-corrected chi connectivity index (χ3v) is 4.94. The Balaban J connectivity index is 1.52. The van der Waals surface area contributed by atoms with Gasteiger partial charge in [0.1, 0.15) is 0 Å². The fourth-order valence-corrected chi connectivity index (χ4v) is 3.83. The minimum absolute atomic E-state index is 0.0363. The van der Waals surface area contributed by atoms with E-state index >= 15 is 0 Å². The second-order valence-electron chi connectivity index (χ2n) is 6.65. The predicted octanol–water partition coefficient (Wildman–Crippen LogP) is 4.15. The molecular weight excluding hydrogens is 331 g/mol. The molecule has 0 saturated heterocycles. The number of fused-ring (bicyclic) bond motifs is 1. The van der Waals surface area contributed by atoms with E-state index in [1.54, 1.807) is 6.07 Å². The molecule has 0 heterocycles. The number of carbonyl (C=O) groups is 1. The second kappa shape index (κ2) is 5.89. The standard InChI is InChI=1S/C16H17F5N2O/c17-13(18)10-3-1-2-9(4-10)8-22-14(24)23-15-5-11(6-15)12(7-15)16(19,20)21/h1-4,11-13H,5-8H2,(H2,22,23,24)/t11?,12-,15?/m0/s1. The Morgan fingerprint density at radius 2 is 1.96 bits per heavy atom. The van der Waals surface area contributed by atoms with Gasteiger partial charge in [-0.05, 0) is 36.8 Å². The van der Waals surface area contributed by atoms with Gasteiger partial charge in [0.25, 0.3) is 6.43 Å². The van der Waals surface area contributed by atoms with Crippen molar-refractivity contribution >= 4 is 6.03 Å². The van der Waals surface area contributed by atoms with Gasteiger partial charge in [0.2, 0.25) is 0 Å². The van der Waals surface area contributed by atoms with Crippen LogP contribution in [0.4, 0.5) is 26.7 Å². The highest BCUT2D eigenvalue weighted by molar-refractivity contribution is 5.75. The van der Waals surface area contributed by atoms with Crippen LogP contribution in [0.15, 0.2) is 24.3 Å². The first kappa shape index (κ1) is 17.0. The molecule has 3 aliphatic carbocycles. The largest absolute Gasteiger partial charge is 0.392 e. The van der Waals surface area contributed by atoms with Gasteiger partial charge in [0, 0.05) is 17.6 Å². The summed E-state index contributed by atoms with van der Waals surface area (Å²) in [7, 11) is 0. The lowest BCUT2D eigenvalue weighted by atomic mass is 9.76. The molecule has 0 radical (unpaired) electrons. The summed E-state index contributed by atoms with van der Waals surface area (Å²) >= 11 is 0. The summed E-state index contributed by atoms with van der Waals surface area (Å²) in [5.41, 5.74) is -0.412. The van der Waals surface area contributed by atoms with E-state index in [0.717, 1.165) is 0 Å². The summed E-state index contributed by atoms with van der Waals surface area (Å²) in [6.45, 7) is 0.0363. The molecule has 1 aromatic rings. The normalized spacial score (nSPS) is 28.6. The Bertz CT molecular complexity index is 625. The van der Waals surface area contributed by atoms with Gasteiger partial charge >= 0.3 is 12.2 Å². The molecule has 3 nitrogen and oxygen atoms in total. The smallest absolute Gasteiger partial charge is 0.334 e.